The molecule has 0 spiro atoms. The van der Waals surface area contributed by atoms with Crippen molar-refractivity contribution in [3.63, 3.8) is 0 Å². The van der Waals surface area contributed by atoms with E-state index in [0.717, 1.165) is 26.7 Å². The fourth-order valence-electron chi connectivity index (χ4n) is 3.99. The molecule has 2 aromatic heterocycles. The third-order valence-electron chi connectivity index (χ3n) is 5.58. The number of rotatable bonds is 4. The van der Waals surface area contributed by atoms with Gasteiger partial charge in [0.1, 0.15) is 23.3 Å². The number of fused-ring (bicyclic) bond motifs is 2. The Morgan fingerprint density at radius 3 is 2.87 bits per heavy atom. The van der Waals surface area contributed by atoms with Gasteiger partial charge in [0, 0.05) is 18.0 Å². The summed E-state index contributed by atoms with van der Waals surface area (Å²) >= 11 is 1.56. The number of hydrogen-bond donors (Lipinski definition) is 2. The third kappa shape index (κ3) is 3.42. The van der Waals surface area contributed by atoms with Gasteiger partial charge in [0.05, 0.1) is 34.4 Å². The second kappa shape index (κ2) is 7.38. The molecule has 156 valence electrons. The van der Waals surface area contributed by atoms with Crippen LogP contribution in [0.3, 0.4) is 0 Å². The standard InChI is InChI=1S/C23H21N5O2S/c1-23(2)21(29)20(15-11-14(12-24)7-8-17(15)30-23)28(13-19-25-9-10-26-19)22-27-16-5-3-4-6-18(16)31-22/h3-11,20-21,29H,13H2,1-2H3,(H,25,26)/t20-,21+/m0/s1. The zero-order valence-electron chi connectivity index (χ0n) is 17.1. The molecule has 0 saturated carbocycles. The number of para-hydroxylation sites is 1. The molecule has 3 heterocycles. The van der Waals surface area contributed by atoms with Crippen molar-refractivity contribution in [1.82, 2.24) is 15.0 Å². The smallest absolute Gasteiger partial charge is 0.187 e. The van der Waals surface area contributed by atoms with Gasteiger partial charge in [0.15, 0.2) is 5.13 Å². The summed E-state index contributed by atoms with van der Waals surface area (Å²) in [5, 5.41) is 21.7. The van der Waals surface area contributed by atoms with Crippen molar-refractivity contribution in [3.8, 4) is 11.8 Å². The van der Waals surface area contributed by atoms with Crippen LogP contribution in [0, 0.1) is 11.3 Å². The summed E-state index contributed by atoms with van der Waals surface area (Å²) in [7, 11) is 0. The average molecular weight is 432 g/mol. The van der Waals surface area contributed by atoms with Crippen LogP contribution in [0.1, 0.15) is 36.8 Å². The minimum atomic E-state index is -0.865. The number of ether oxygens (including phenoxy) is 1. The van der Waals surface area contributed by atoms with Crippen molar-refractivity contribution >= 4 is 26.7 Å². The Morgan fingerprint density at radius 1 is 1.29 bits per heavy atom. The number of nitrogens with zero attached hydrogens (tertiary/aromatic N) is 4. The summed E-state index contributed by atoms with van der Waals surface area (Å²) in [4.78, 5) is 14.5. The highest BCUT2D eigenvalue weighted by atomic mass is 32.1. The second-order valence-electron chi connectivity index (χ2n) is 8.09. The minimum absolute atomic E-state index is 0.418. The molecule has 4 aromatic rings. The number of aliphatic hydroxyl groups excluding tert-OH is 1. The van der Waals surface area contributed by atoms with E-state index in [9.17, 15) is 10.4 Å². The number of nitriles is 1. The molecule has 0 aliphatic carbocycles. The normalized spacial score (nSPS) is 19.4. The molecule has 1 aliphatic heterocycles. The van der Waals surface area contributed by atoms with Gasteiger partial charge in [-0.25, -0.2) is 9.97 Å². The van der Waals surface area contributed by atoms with Crippen LogP contribution >= 0.6 is 11.3 Å². The fraction of sp³-hybridized carbons (Fsp3) is 0.261. The Bertz CT molecular complexity index is 1240. The molecule has 0 amide bonds. The third-order valence-corrected chi connectivity index (χ3v) is 6.65. The van der Waals surface area contributed by atoms with E-state index in [2.05, 4.69) is 20.9 Å². The van der Waals surface area contributed by atoms with E-state index < -0.39 is 17.7 Å². The molecule has 7 nitrogen and oxygen atoms in total. The van der Waals surface area contributed by atoms with E-state index in [-0.39, 0.29) is 0 Å². The average Bonchev–Trinajstić information content (AvgIpc) is 3.42. The monoisotopic (exact) mass is 431 g/mol. The number of nitrogens with one attached hydrogen (secondary N) is 1. The number of hydrogen-bond acceptors (Lipinski definition) is 7. The molecule has 0 unspecified atom stereocenters. The van der Waals surface area contributed by atoms with Crippen molar-refractivity contribution in [2.75, 3.05) is 4.90 Å². The van der Waals surface area contributed by atoms with Crippen LogP contribution in [-0.4, -0.2) is 31.8 Å². The first-order valence-electron chi connectivity index (χ1n) is 9.98. The number of benzene rings is 2. The van der Waals surface area contributed by atoms with Crippen molar-refractivity contribution in [2.45, 2.75) is 38.1 Å². The Morgan fingerprint density at radius 2 is 2.13 bits per heavy atom. The second-order valence-corrected chi connectivity index (χ2v) is 9.10. The van der Waals surface area contributed by atoms with Crippen LogP contribution in [0.25, 0.3) is 10.2 Å². The predicted molar refractivity (Wildman–Crippen MR) is 119 cm³/mol. The lowest BCUT2D eigenvalue weighted by molar-refractivity contribution is -0.0590. The maximum Gasteiger partial charge on any atom is 0.187 e. The maximum atomic E-state index is 11.4. The van der Waals surface area contributed by atoms with E-state index in [1.807, 2.05) is 38.1 Å². The van der Waals surface area contributed by atoms with Gasteiger partial charge in [-0.3, -0.25) is 0 Å². The molecule has 1 aliphatic rings. The van der Waals surface area contributed by atoms with E-state index in [4.69, 9.17) is 9.72 Å². The Kier molecular flexibility index (Phi) is 4.65. The van der Waals surface area contributed by atoms with Crippen molar-refractivity contribution in [3.05, 3.63) is 71.8 Å². The Labute approximate surface area is 183 Å². The Balaban J connectivity index is 1.70. The molecule has 8 heteroatoms. The number of aliphatic hydroxyl groups is 1. The quantitative estimate of drug-likeness (QED) is 0.503. The van der Waals surface area contributed by atoms with E-state index in [0.29, 0.717) is 17.9 Å². The van der Waals surface area contributed by atoms with Gasteiger partial charge in [-0.05, 0) is 44.2 Å². The van der Waals surface area contributed by atoms with Gasteiger partial charge in [-0.1, -0.05) is 23.5 Å². The first-order chi connectivity index (χ1) is 15.0. The van der Waals surface area contributed by atoms with Crippen LogP contribution < -0.4 is 9.64 Å². The largest absolute Gasteiger partial charge is 0.485 e. The van der Waals surface area contributed by atoms with Gasteiger partial charge in [-0.15, -0.1) is 0 Å². The molecule has 5 rings (SSSR count). The predicted octanol–water partition coefficient (Wildman–Crippen LogP) is 4.17. The first kappa shape index (κ1) is 19.5. The lowest BCUT2D eigenvalue weighted by Crippen LogP contribution is -2.53. The lowest BCUT2D eigenvalue weighted by atomic mass is 9.85. The van der Waals surface area contributed by atoms with E-state index in [1.165, 1.54) is 0 Å². The summed E-state index contributed by atoms with van der Waals surface area (Å²) in [6, 6.07) is 15.0. The van der Waals surface area contributed by atoms with Gasteiger partial charge in [0.25, 0.3) is 0 Å². The van der Waals surface area contributed by atoms with Crippen LogP contribution in [0.15, 0.2) is 54.9 Å². The SMILES string of the molecule is CC1(C)Oc2ccc(C#N)cc2[C@H](N(Cc2ncc[nH]2)c2nc3ccccc3s2)[C@H]1O. The first-order valence-corrected chi connectivity index (χ1v) is 10.8. The van der Waals surface area contributed by atoms with Gasteiger partial charge < -0.3 is 19.7 Å². The molecule has 2 atom stereocenters. The zero-order chi connectivity index (χ0) is 21.6. The molecular formula is C23H21N5O2S. The van der Waals surface area contributed by atoms with Crippen LogP contribution in [0.4, 0.5) is 5.13 Å². The molecule has 0 saturated heterocycles. The topological polar surface area (TPSA) is 98.1 Å². The fourth-order valence-corrected chi connectivity index (χ4v) is 4.99. The lowest BCUT2D eigenvalue weighted by Gasteiger charge is -2.46. The highest BCUT2D eigenvalue weighted by molar-refractivity contribution is 7.22. The van der Waals surface area contributed by atoms with Gasteiger partial charge in [0.2, 0.25) is 0 Å². The summed E-state index contributed by atoms with van der Waals surface area (Å²) in [6.45, 7) is 4.16. The highest BCUT2D eigenvalue weighted by Crippen LogP contribution is 2.46. The minimum Gasteiger partial charge on any atom is -0.485 e. The highest BCUT2D eigenvalue weighted by Gasteiger charge is 2.46. The summed E-state index contributed by atoms with van der Waals surface area (Å²) < 4.78 is 7.18. The number of anilines is 1. The molecule has 31 heavy (non-hydrogen) atoms. The summed E-state index contributed by atoms with van der Waals surface area (Å²) in [5.74, 6) is 1.42. The number of thiazole rings is 1. The van der Waals surface area contributed by atoms with Crippen LogP contribution in [0.5, 0.6) is 5.75 Å². The zero-order valence-corrected chi connectivity index (χ0v) is 17.9. The molecule has 0 radical (unpaired) electrons. The molecule has 2 N–H and O–H groups in total. The van der Waals surface area contributed by atoms with Crippen molar-refractivity contribution in [2.24, 2.45) is 0 Å². The number of aromatic nitrogens is 3. The van der Waals surface area contributed by atoms with E-state index >= 15 is 0 Å². The molecule has 0 bridgehead atoms. The molecular weight excluding hydrogens is 410 g/mol. The van der Waals surface area contributed by atoms with Crippen molar-refractivity contribution in [1.29, 1.82) is 5.26 Å². The summed E-state index contributed by atoms with van der Waals surface area (Å²) in [6.07, 6.45) is 2.62. The Hall–Kier alpha value is -3.41. The van der Waals surface area contributed by atoms with Gasteiger partial charge in [-0.2, -0.15) is 5.26 Å². The van der Waals surface area contributed by atoms with Crippen molar-refractivity contribution < 1.29 is 9.84 Å². The maximum absolute atomic E-state index is 11.4. The molecule has 2 aromatic carbocycles. The number of aromatic amines is 1. The van der Waals surface area contributed by atoms with Crippen LogP contribution in [-0.2, 0) is 6.54 Å². The van der Waals surface area contributed by atoms with E-state index in [1.54, 1.807) is 41.9 Å². The molecule has 0 fully saturated rings. The number of imidazole rings is 1. The number of H-pyrrole nitrogens is 1. The summed E-state index contributed by atoms with van der Waals surface area (Å²) in [5.41, 5.74) is 1.35. The van der Waals surface area contributed by atoms with Gasteiger partial charge >= 0.3 is 0 Å². The van der Waals surface area contributed by atoms with Crippen LogP contribution in [0.2, 0.25) is 0 Å².